The van der Waals surface area contributed by atoms with E-state index in [0.717, 1.165) is 9.13 Å². The Morgan fingerprint density at radius 3 is 2.39 bits per heavy atom. The first kappa shape index (κ1) is 21.9. The van der Waals surface area contributed by atoms with Crippen LogP contribution in [0.25, 0.3) is 6.08 Å². The molecule has 5 nitrogen and oxygen atoms in total. The van der Waals surface area contributed by atoms with E-state index in [1.807, 2.05) is 25.1 Å². The molecule has 1 amide bonds. The third-order valence-corrected chi connectivity index (χ3v) is 4.63. The van der Waals surface area contributed by atoms with Crippen LogP contribution in [0.5, 0.6) is 11.5 Å². The molecular weight excluding hydrogens is 469 g/mol. The van der Waals surface area contributed by atoms with E-state index in [1.165, 1.54) is 11.0 Å². The summed E-state index contributed by atoms with van der Waals surface area (Å²) in [5, 5.41) is 0. The summed E-state index contributed by atoms with van der Waals surface area (Å²) in [5.41, 5.74) is 1.44. The number of likely N-dealkylation sites (N-methyl/N-ethyl adjacent to an activating group) is 1. The van der Waals surface area contributed by atoms with Crippen molar-refractivity contribution in [2.75, 3.05) is 20.7 Å². The molecule has 0 saturated heterocycles. The van der Waals surface area contributed by atoms with Crippen molar-refractivity contribution in [3.8, 4) is 11.5 Å². The Morgan fingerprint density at radius 1 is 1.11 bits per heavy atom. The molecule has 0 spiro atoms. The van der Waals surface area contributed by atoms with E-state index in [4.69, 9.17) is 9.47 Å². The third-order valence-electron chi connectivity index (χ3n) is 3.92. The van der Waals surface area contributed by atoms with Crippen LogP contribution in [0.15, 0.2) is 48.5 Å². The predicted molar refractivity (Wildman–Crippen MR) is 119 cm³/mol. The van der Waals surface area contributed by atoms with Gasteiger partial charge in [0.1, 0.15) is 0 Å². The highest BCUT2D eigenvalue weighted by molar-refractivity contribution is 14.1. The Morgan fingerprint density at radius 2 is 1.79 bits per heavy atom. The highest BCUT2D eigenvalue weighted by Gasteiger charge is 2.18. The van der Waals surface area contributed by atoms with Crippen LogP contribution in [-0.4, -0.2) is 43.4 Å². The number of allylic oxidation sites excluding steroid dienone is 1. The standard InChI is InChI=1S/C22H24INO4/c1-5-27-21-14-16(6-12-19(25)17-8-10-18(23)11-9-17)7-13-20(21)28-15(2)22(26)24(3)4/h6-15H,5H2,1-4H3/b12-6+. The molecule has 2 rings (SSSR count). The fraction of sp³-hybridized carbons (Fsp3) is 0.273. The molecule has 0 aliphatic heterocycles. The van der Waals surface area contributed by atoms with E-state index < -0.39 is 6.10 Å². The Kier molecular flexibility index (Phi) is 8.04. The summed E-state index contributed by atoms with van der Waals surface area (Å²) < 4.78 is 12.5. The molecule has 0 aliphatic rings. The summed E-state index contributed by atoms with van der Waals surface area (Å²) in [6.45, 7) is 4.04. The molecule has 0 heterocycles. The zero-order chi connectivity index (χ0) is 20.7. The molecule has 0 N–H and O–H groups in total. The second-order valence-corrected chi connectivity index (χ2v) is 7.58. The van der Waals surface area contributed by atoms with Crippen molar-refractivity contribution in [2.24, 2.45) is 0 Å². The molecule has 0 fully saturated rings. The van der Waals surface area contributed by atoms with Gasteiger partial charge >= 0.3 is 0 Å². The van der Waals surface area contributed by atoms with Crippen molar-refractivity contribution in [1.82, 2.24) is 4.90 Å². The van der Waals surface area contributed by atoms with Gasteiger partial charge in [0.05, 0.1) is 6.61 Å². The van der Waals surface area contributed by atoms with Crippen molar-refractivity contribution in [1.29, 1.82) is 0 Å². The molecule has 2 aromatic rings. The summed E-state index contributed by atoms with van der Waals surface area (Å²) >= 11 is 2.20. The fourth-order valence-electron chi connectivity index (χ4n) is 2.48. The Labute approximate surface area is 179 Å². The van der Waals surface area contributed by atoms with Gasteiger partial charge in [0.2, 0.25) is 0 Å². The van der Waals surface area contributed by atoms with Gasteiger partial charge in [-0.1, -0.05) is 24.3 Å². The molecule has 148 valence electrons. The number of hydrogen-bond acceptors (Lipinski definition) is 4. The number of ether oxygens (including phenoxy) is 2. The average molecular weight is 493 g/mol. The van der Waals surface area contributed by atoms with Gasteiger partial charge in [-0.15, -0.1) is 0 Å². The van der Waals surface area contributed by atoms with Gasteiger partial charge in [-0.3, -0.25) is 9.59 Å². The lowest BCUT2D eigenvalue weighted by Crippen LogP contribution is -2.35. The van der Waals surface area contributed by atoms with Crippen LogP contribution in [0.2, 0.25) is 0 Å². The lowest BCUT2D eigenvalue weighted by molar-refractivity contribution is -0.135. The number of carbonyl (C=O) groups excluding carboxylic acids is 2. The van der Waals surface area contributed by atoms with Gasteiger partial charge in [-0.05, 0) is 72.3 Å². The Balaban J connectivity index is 2.17. The summed E-state index contributed by atoms with van der Waals surface area (Å²) in [4.78, 5) is 25.8. The number of nitrogens with zero attached hydrogens (tertiary/aromatic N) is 1. The zero-order valence-electron chi connectivity index (χ0n) is 16.4. The van der Waals surface area contributed by atoms with Gasteiger partial charge in [-0.2, -0.15) is 0 Å². The normalized spacial score (nSPS) is 11.9. The maximum atomic E-state index is 12.3. The summed E-state index contributed by atoms with van der Waals surface area (Å²) in [5.74, 6) is 0.824. The fourth-order valence-corrected chi connectivity index (χ4v) is 2.84. The topological polar surface area (TPSA) is 55.8 Å². The lowest BCUT2D eigenvalue weighted by atomic mass is 10.1. The third kappa shape index (κ3) is 6.09. The number of ketones is 1. The minimum absolute atomic E-state index is 0.0695. The molecule has 0 aromatic heterocycles. The zero-order valence-corrected chi connectivity index (χ0v) is 18.6. The highest BCUT2D eigenvalue weighted by atomic mass is 127. The first-order chi connectivity index (χ1) is 13.3. The van der Waals surface area contributed by atoms with Crippen molar-refractivity contribution in [2.45, 2.75) is 20.0 Å². The second kappa shape index (κ2) is 10.3. The molecule has 28 heavy (non-hydrogen) atoms. The SMILES string of the molecule is CCOc1cc(/C=C/C(=O)c2ccc(I)cc2)ccc1OC(C)C(=O)N(C)C. The van der Waals surface area contributed by atoms with Crippen LogP contribution in [0, 0.1) is 3.57 Å². The maximum absolute atomic E-state index is 12.3. The number of benzene rings is 2. The minimum Gasteiger partial charge on any atom is -0.490 e. The largest absolute Gasteiger partial charge is 0.490 e. The van der Waals surface area contributed by atoms with Gasteiger partial charge in [0, 0.05) is 23.2 Å². The van der Waals surface area contributed by atoms with Crippen LogP contribution in [0.1, 0.15) is 29.8 Å². The second-order valence-electron chi connectivity index (χ2n) is 6.34. The van der Waals surface area contributed by atoms with Crippen LogP contribution < -0.4 is 9.47 Å². The number of halogens is 1. The molecule has 6 heteroatoms. The average Bonchev–Trinajstić information content (AvgIpc) is 2.67. The van der Waals surface area contributed by atoms with Crippen LogP contribution in [0.4, 0.5) is 0 Å². The van der Waals surface area contributed by atoms with Crippen LogP contribution in [0.3, 0.4) is 0 Å². The van der Waals surface area contributed by atoms with Crippen LogP contribution >= 0.6 is 22.6 Å². The number of amides is 1. The Hall–Kier alpha value is -2.35. The van der Waals surface area contributed by atoms with Gasteiger partial charge in [0.25, 0.3) is 5.91 Å². The van der Waals surface area contributed by atoms with E-state index in [2.05, 4.69) is 22.6 Å². The number of rotatable bonds is 8. The van der Waals surface area contributed by atoms with Gasteiger partial charge in [-0.25, -0.2) is 0 Å². The van der Waals surface area contributed by atoms with E-state index in [1.54, 1.807) is 51.4 Å². The molecule has 0 radical (unpaired) electrons. The molecule has 1 atom stereocenters. The smallest absolute Gasteiger partial charge is 0.262 e. The molecule has 0 saturated carbocycles. The van der Waals surface area contributed by atoms with E-state index in [0.29, 0.717) is 23.7 Å². The van der Waals surface area contributed by atoms with E-state index in [-0.39, 0.29) is 11.7 Å². The molecular formula is C22H24INO4. The van der Waals surface area contributed by atoms with Crippen molar-refractivity contribution in [3.63, 3.8) is 0 Å². The molecule has 0 bridgehead atoms. The Bertz CT molecular complexity index is 859. The van der Waals surface area contributed by atoms with Gasteiger partial charge < -0.3 is 14.4 Å². The van der Waals surface area contributed by atoms with Crippen LogP contribution in [-0.2, 0) is 4.79 Å². The molecule has 0 aliphatic carbocycles. The van der Waals surface area contributed by atoms with Crippen molar-refractivity contribution < 1.29 is 19.1 Å². The monoisotopic (exact) mass is 493 g/mol. The maximum Gasteiger partial charge on any atom is 0.262 e. The quantitative estimate of drug-likeness (QED) is 0.310. The number of carbonyl (C=O) groups is 2. The summed E-state index contributed by atoms with van der Waals surface area (Å²) in [6.07, 6.45) is 2.64. The highest BCUT2D eigenvalue weighted by Crippen LogP contribution is 2.30. The first-order valence-corrected chi connectivity index (χ1v) is 10.0. The first-order valence-electron chi connectivity index (χ1n) is 8.94. The van der Waals surface area contributed by atoms with E-state index >= 15 is 0 Å². The van der Waals surface area contributed by atoms with Crippen molar-refractivity contribution >= 4 is 40.4 Å². The van der Waals surface area contributed by atoms with E-state index in [9.17, 15) is 9.59 Å². The predicted octanol–water partition coefficient (Wildman–Crippen LogP) is 4.44. The summed E-state index contributed by atoms with van der Waals surface area (Å²) in [7, 11) is 3.37. The lowest BCUT2D eigenvalue weighted by Gasteiger charge is -2.20. The van der Waals surface area contributed by atoms with Gasteiger partial charge in [0.15, 0.2) is 23.4 Å². The molecule has 1 unspecified atom stereocenters. The van der Waals surface area contributed by atoms with Crippen molar-refractivity contribution in [3.05, 3.63) is 63.2 Å². The molecule has 2 aromatic carbocycles. The summed E-state index contributed by atoms with van der Waals surface area (Å²) in [6, 6.07) is 12.8. The number of hydrogen-bond donors (Lipinski definition) is 0. The minimum atomic E-state index is -0.627.